The summed E-state index contributed by atoms with van der Waals surface area (Å²) in [6.07, 6.45) is 4.74. The third kappa shape index (κ3) is 3.60. The van der Waals surface area contributed by atoms with Gasteiger partial charge in [-0.15, -0.1) is 0 Å². The summed E-state index contributed by atoms with van der Waals surface area (Å²) >= 11 is 2.05. The minimum absolute atomic E-state index is 0.205. The second kappa shape index (κ2) is 5.91. The molecule has 3 unspecified atom stereocenters. The van der Waals surface area contributed by atoms with Gasteiger partial charge in [0.1, 0.15) is 0 Å². The predicted octanol–water partition coefficient (Wildman–Crippen LogP) is 1.71. The maximum Gasteiger partial charge on any atom is 0.0795 e. The van der Waals surface area contributed by atoms with Gasteiger partial charge in [-0.2, -0.15) is 11.8 Å². The maximum absolute atomic E-state index is 6.06. The average Bonchev–Trinajstić information content (AvgIpc) is 2.74. The fourth-order valence-corrected chi connectivity index (χ4v) is 4.21. The Morgan fingerprint density at radius 3 is 3.06 bits per heavy atom. The molecule has 3 atom stereocenters. The van der Waals surface area contributed by atoms with Gasteiger partial charge in [0.15, 0.2) is 0 Å². The zero-order valence-electron chi connectivity index (χ0n) is 11.2. The second-order valence-corrected chi connectivity index (χ2v) is 6.83. The quantitative estimate of drug-likeness (QED) is 0.833. The van der Waals surface area contributed by atoms with Crippen molar-refractivity contribution in [2.24, 2.45) is 5.73 Å². The summed E-state index contributed by atoms with van der Waals surface area (Å²) in [5.41, 5.74) is 6.04. The Hall–Kier alpha value is 0.230. The van der Waals surface area contributed by atoms with Gasteiger partial charge in [-0.3, -0.25) is 0 Å². The smallest absolute Gasteiger partial charge is 0.0795 e. The highest BCUT2D eigenvalue weighted by Gasteiger charge is 2.41. The van der Waals surface area contributed by atoms with Gasteiger partial charge in [-0.1, -0.05) is 0 Å². The van der Waals surface area contributed by atoms with Crippen LogP contribution in [-0.2, 0) is 4.74 Å². The monoisotopic (exact) mass is 258 g/mol. The summed E-state index contributed by atoms with van der Waals surface area (Å²) < 4.78 is 6.06. The number of hydrogen-bond acceptors (Lipinski definition) is 4. The molecule has 2 rings (SSSR count). The first-order valence-corrected chi connectivity index (χ1v) is 7.94. The molecule has 2 fully saturated rings. The summed E-state index contributed by atoms with van der Waals surface area (Å²) in [5, 5.41) is 0. The molecular weight excluding hydrogens is 232 g/mol. The van der Waals surface area contributed by atoms with Crippen LogP contribution in [0.4, 0.5) is 0 Å². The molecule has 2 aliphatic rings. The van der Waals surface area contributed by atoms with Crippen LogP contribution < -0.4 is 5.73 Å². The van der Waals surface area contributed by atoms with E-state index in [1.165, 1.54) is 30.8 Å². The lowest BCUT2D eigenvalue weighted by molar-refractivity contribution is -0.0865. The molecule has 0 amide bonds. The normalized spacial score (nSPS) is 35.6. The van der Waals surface area contributed by atoms with Gasteiger partial charge in [-0.05, 0) is 52.0 Å². The lowest BCUT2D eigenvalue weighted by Gasteiger charge is -2.41. The molecule has 0 bridgehead atoms. The fourth-order valence-electron chi connectivity index (χ4n) is 2.83. The Morgan fingerprint density at radius 2 is 2.41 bits per heavy atom. The molecule has 3 nitrogen and oxygen atoms in total. The Kier molecular flexibility index (Phi) is 4.75. The minimum Gasteiger partial charge on any atom is -0.374 e. The van der Waals surface area contributed by atoms with E-state index in [-0.39, 0.29) is 5.60 Å². The van der Waals surface area contributed by atoms with Crippen molar-refractivity contribution in [1.29, 1.82) is 0 Å². The summed E-state index contributed by atoms with van der Waals surface area (Å²) in [5.74, 6) is 2.47. The molecule has 0 aromatic heterocycles. The lowest BCUT2D eigenvalue weighted by Crippen LogP contribution is -2.48. The van der Waals surface area contributed by atoms with E-state index in [9.17, 15) is 0 Å². The number of rotatable bonds is 4. The fraction of sp³-hybridized carbons (Fsp3) is 1.00. The highest BCUT2D eigenvalue weighted by Crippen LogP contribution is 2.39. The standard InChI is InChI=1S/C13H26N2OS/c1-11(14)3-6-15(2)12-4-7-16-13(9-12)5-8-17-10-13/h11-12H,3-10,14H2,1-2H3. The van der Waals surface area contributed by atoms with Crippen LogP contribution in [0.1, 0.15) is 32.6 Å². The molecule has 2 N–H and O–H groups in total. The Bertz CT molecular complexity index is 242. The molecule has 1 spiro atoms. The van der Waals surface area contributed by atoms with Crippen LogP contribution >= 0.6 is 11.8 Å². The van der Waals surface area contributed by atoms with Crippen molar-refractivity contribution in [2.75, 3.05) is 31.7 Å². The van der Waals surface area contributed by atoms with E-state index in [1.54, 1.807) is 0 Å². The topological polar surface area (TPSA) is 38.5 Å². The van der Waals surface area contributed by atoms with E-state index in [0.29, 0.717) is 12.1 Å². The molecule has 2 saturated heterocycles. The molecule has 17 heavy (non-hydrogen) atoms. The summed E-state index contributed by atoms with van der Waals surface area (Å²) in [6.45, 7) is 4.15. The Balaban J connectivity index is 1.84. The SMILES string of the molecule is CC(N)CCN(C)C1CCOC2(CCSC2)C1. The van der Waals surface area contributed by atoms with Gasteiger partial charge in [0.25, 0.3) is 0 Å². The molecule has 0 radical (unpaired) electrons. The van der Waals surface area contributed by atoms with Crippen molar-refractivity contribution in [3.8, 4) is 0 Å². The summed E-state index contributed by atoms with van der Waals surface area (Å²) in [7, 11) is 2.24. The number of nitrogens with zero attached hydrogens (tertiary/aromatic N) is 1. The predicted molar refractivity (Wildman–Crippen MR) is 74.5 cm³/mol. The Labute approximate surface area is 109 Å². The van der Waals surface area contributed by atoms with Crippen molar-refractivity contribution < 1.29 is 4.74 Å². The van der Waals surface area contributed by atoms with Crippen molar-refractivity contribution in [2.45, 2.75) is 50.3 Å². The molecule has 0 aromatic carbocycles. The number of nitrogens with two attached hydrogens (primary N) is 1. The first kappa shape index (κ1) is 13.7. The van der Waals surface area contributed by atoms with Gasteiger partial charge in [0, 0.05) is 24.4 Å². The van der Waals surface area contributed by atoms with Gasteiger partial charge in [0.05, 0.1) is 5.60 Å². The van der Waals surface area contributed by atoms with Crippen LogP contribution in [0, 0.1) is 0 Å². The molecule has 4 heteroatoms. The number of ether oxygens (including phenoxy) is 1. The van der Waals surface area contributed by atoms with Crippen LogP contribution in [0.3, 0.4) is 0 Å². The third-order valence-electron chi connectivity index (χ3n) is 4.09. The van der Waals surface area contributed by atoms with Crippen molar-refractivity contribution in [3.63, 3.8) is 0 Å². The van der Waals surface area contributed by atoms with Crippen molar-refractivity contribution in [3.05, 3.63) is 0 Å². The van der Waals surface area contributed by atoms with Crippen molar-refractivity contribution >= 4 is 11.8 Å². The molecule has 2 aliphatic heterocycles. The number of thioether (sulfide) groups is 1. The van der Waals surface area contributed by atoms with E-state index in [0.717, 1.165) is 19.6 Å². The molecular formula is C13H26N2OS. The molecule has 0 aromatic rings. The maximum atomic E-state index is 6.06. The highest BCUT2D eigenvalue weighted by molar-refractivity contribution is 7.99. The first-order valence-electron chi connectivity index (χ1n) is 6.79. The van der Waals surface area contributed by atoms with Gasteiger partial charge in [-0.25, -0.2) is 0 Å². The zero-order valence-corrected chi connectivity index (χ0v) is 12.0. The van der Waals surface area contributed by atoms with E-state index >= 15 is 0 Å². The molecule has 0 saturated carbocycles. The minimum atomic E-state index is 0.205. The van der Waals surface area contributed by atoms with Crippen LogP contribution in [0.15, 0.2) is 0 Å². The second-order valence-electron chi connectivity index (χ2n) is 5.73. The average molecular weight is 258 g/mol. The number of hydrogen-bond donors (Lipinski definition) is 1. The van der Waals surface area contributed by atoms with Gasteiger partial charge < -0.3 is 15.4 Å². The van der Waals surface area contributed by atoms with Crippen LogP contribution in [-0.4, -0.2) is 54.3 Å². The zero-order chi connectivity index (χ0) is 12.3. The van der Waals surface area contributed by atoms with E-state index in [1.807, 2.05) is 11.8 Å². The molecule has 0 aliphatic carbocycles. The van der Waals surface area contributed by atoms with Crippen LogP contribution in [0.25, 0.3) is 0 Å². The summed E-state index contributed by atoms with van der Waals surface area (Å²) in [6, 6.07) is 1.01. The van der Waals surface area contributed by atoms with Gasteiger partial charge in [0.2, 0.25) is 0 Å². The third-order valence-corrected chi connectivity index (χ3v) is 5.32. The first-order chi connectivity index (χ1) is 8.11. The molecule has 2 heterocycles. The summed E-state index contributed by atoms with van der Waals surface area (Å²) in [4.78, 5) is 2.50. The van der Waals surface area contributed by atoms with Gasteiger partial charge >= 0.3 is 0 Å². The highest BCUT2D eigenvalue weighted by atomic mass is 32.2. The van der Waals surface area contributed by atoms with E-state index in [2.05, 4.69) is 18.9 Å². The van der Waals surface area contributed by atoms with E-state index < -0.39 is 0 Å². The Morgan fingerprint density at radius 1 is 1.59 bits per heavy atom. The van der Waals surface area contributed by atoms with Crippen LogP contribution in [0.2, 0.25) is 0 Å². The molecule has 100 valence electrons. The van der Waals surface area contributed by atoms with E-state index in [4.69, 9.17) is 10.5 Å². The lowest BCUT2D eigenvalue weighted by atomic mass is 9.89. The van der Waals surface area contributed by atoms with Crippen LogP contribution in [0.5, 0.6) is 0 Å². The largest absolute Gasteiger partial charge is 0.374 e. The van der Waals surface area contributed by atoms with Crippen molar-refractivity contribution in [1.82, 2.24) is 4.90 Å².